The predicted octanol–water partition coefficient (Wildman–Crippen LogP) is 0.832. The zero-order chi connectivity index (χ0) is 14.7. The highest BCUT2D eigenvalue weighted by atomic mass is 16.3. The highest BCUT2D eigenvalue weighted by Gasteiger charge is 2.05. The predicted molar refractivity (Wildman–Crippen MR) is 76.5 cm³/mol. The van der Waals surface area contributed by atoms with Crippen molar-refractivity contribution in [3.8, 4) is 5.88 Å². The largest absolute Gasteiger partial charge is 0.494 e. The Bertz CT molecular complexity index is 774. The first-order valence-corrected chi connectivity index (χ1v) is 5.89. The maximum atomic E-state index is 11.5. The molecular weight excluding hydrogens is 260 g/mol. The molecule has 0 atom stereocenters. The van der Waals surface area contributed by atoms with Crippen LogP contribution in [0, 0.1) is 13.8 Å². The molecule has 0 aliphatic rings. The molecule has 0 aliphatic carbocycles. The number of nitrogens with zero attached hydrogens (tertiary/aromatic N) is 1. The zero-order valence-electron chi connectivity index (χ0n) is 11.0. The summed E-state index contributed by atoms with van der Waals surface area (Å²) < 4.78 is 0. The number of H-pyrrole nitrogens is 2. The number of hydrogen-bond donors (Lipinski definition) is 4. The van der Waals surface area contributed by atoms with Crippen LogP contribution in [0.5, 0.6) is 5.88 Å². The molecule has 0 saturated heterocycles. The lowest BCUT2D eigenvalue weighted by atomic mass is 10.1. The van der Waals surface area contributed by atoms with E-state index in [1.807, 2.05) is 37.0 Å². The standard InChI is InChI=1S/C13H14N4O3/c1-7-3-4-10(8(2)5-7)17-14-6-9-11(18)15-13(20)16-12(9)19/h3-6,17H,1-2H3,(H3,15,16,18,19,20). The minimum atomic E-state index is -0.771. The fourth-order valence-electron chi connectivity index (χ4n) is 1.71. The van der Waals surface area contributed by atoms with Crippen molar-refractivity contribution >= 4 is 11.9 Å². The van der Waals surface area contributed by atoms with Crippen LogP contribution in [-0.2, 0) is 0 Å². The van der Waals surface area contributed by atoms with E-state index in [0.717, 1.165) is 23.0 Å². The molecule has 0 spiro atoms. The molecular formula is C13H14N4O3. The molecule has 0 bridgehead atoms. The molecule has 0 radical (unpaired) electrons. The van der Waals surface area contributed by atoms with Crippen LogP contribution in [-0.4, -0.2) is 21.3 Å². The van der Waals surface area contributed by atoms with Gasteiger partial charge >= 0.3 is 5.69 Å². The van der Waals surface area contributed by atoms with Crippen LogP contribution in [0.1, 0.15) is 16.7 Å². The van der Waals surface area contributed by atoms with Gasteiger partial charge in [0.25, 0.3) is 5.56 Å². The quantitative estimate of drug-likeness (QED) is 0.491. The third-order valence-corrected chi connectivity index (χ3v) is 2.72. The van der Waals surface area contributed by atoms with Gasteiger partial charge in [0.15, 0.2) is 0 Å². The highest BCUT2D eigenvalue weighted by Crippen LogP contribution is 2.15. The number of aromatic hydroxyl groups is 1. The van der Waals surface area contributed by atoms with Gasteiger partial charge in [-0.3, -0.25) is 20.2 Å². The van der Waals surface area contributed by atoms with Crippen molar-refractivity contribution in [2.75, 3.05) is 5.43 Å². The Balaban J connectivity index is 2.23. The number of nitrogens with one attached hydrogen (secondary N) is 3. The minimum absolute atomic E-state index is 0.123. The van der Waals surface area contributed by atoms with Crippen LogP contribution in [0.4, 0.5) is 5.69 Å². The van der Waals surface area contributed by atoms with Crippen LogP contribution in [0.15, 0.2) is 32.9 Å². The van der Waals surface area contributed by atoms with Crippen LogP contribution in [0.25, 0.3) is 0 Å². The third kappa shape index (κ3) is 2.94. The molecule has 7 nitrogen and oxygen atoms in total. The van der Waals surface area contributed by atoms with E-state index in [-0.39, 0.29) is 5.56 Å². The van der Waals surface area contributed by atoms with Crippen molar-refractivity contribution in [1.29, 1.82) is 0 Å². The van der Waals surface area contributed by atoms with Gasteiger partial charge in [-0.25, -0.2) is 4.79 Å². The summed E-state index contributed by atoms with van der Waals surface area (Å²) in [4.78, 5) is 26.4. The lowest BCUT2D eigenvalue weighted by Gasteiger charge is -2.05. The molecule has 0 aliphatic heterocycles. The fraction of sp³-hybridized carbons (Fsp3) is 0.154. The Morgan fingerprint density at radius 3 is 2.65 bits per heavy atom. The molecule has 1 aromatic heterocycles. The highest BCUT2D eigenvalue weighted by molar-refractivity contribution is 5.82. The van der Waals surface area contributed by atoms with E-state index in [2.05, 4.69) is 15.5 Å². The molecule has 7 heteroatoms. The molecule has 0 saturated carbocycles. The summed E-state index contributed by atoms with van der Waals surface area (Å²) in [6, 6.07) is 5.77. The maximum Gasteiger partial charge on any atom is 0.328 e. The Hall–Kier alpha value is -2.83. The first kappa shape index (κ1) is 13.6. The summed E-state index contributed by atoms with van der Waals surface area (Å²) in [6.07, 6.45) is 1.14. The molecule has 2 rings (SSSR count). The molecule has 2 aromatic rings. The average Bonchev–Trinajstić information content (AvgIpc) is 2.34. The summed E-state index contributed by atoms with van der Waals surface area (Å²) in [5, 5.41) is 13.3. The number of aromatic nitrogens is 2. The number of hydrogen-bond acceptors (Lipinski definition) is 5. The van der Waals surface area contributed by atoms with Crippen LogP contribution >= 0.6 is 0 Å². The maximum absolute atomic E-state index is 11.5. The van der Waals surface area contributed by atoms with E-state index >= 15 is 0 Å². The molecule has 4 N–H and O–H groups in total. The second-order valence-corrected chi connectivity index (χ2v) is 4.36. The first-order valence-electron chi connectivity index (χ1n) is 5.89. The van der Waals surface area contributed by atoms with Crippen molar-refractivity contribution < 1.29 is 5.11 Å². The summed E-state index contributed by atoms with van der Waals surface area (Å²) in [6.45, 7) is 3.91. The number of aromatic amines is 2. The molecule has 104 valence electrons. The van der Waals surface area contributed by atoms with Crippen LogP contribution in [0.2, 0.25) is 0 Å². The van der Waals surface area contributed by atoms with E-state index < -0.39 is 17.1 Å². The van der Waals surface area contributed by atoms with Crippen molar-refractivity contribution in [1.82, 2.24) is 9.97 Å². The van der Waals surface area contributed by atoms with Crippen LogP contribution in [0.3, 0.4) is 0 Å². The SMILES string of the molecule is Cc1ccc(NN=Cc2c(O)[nH]c(=O)[nH]c2=O)c(C)c1. The van der Waals surface area contributed by atoms with Gasteiger partial charge in [0.1, 0.15) is 5.56 Å². The lowest BCUT2D eigenvalue weighted by molar-refractivity contribution is 0.447. The molecule has 1 aromatic carbocycles. The number of hydrazone groups is 1. The second kappa shape index (κ2) is 5.43. The number of anilines is 1. The van der Waals surface area contributed by atoms with Gasteiger partial charge in [-0.15, -0.1) is 0 Å². The summed E-state index contributed by atoms with van der Waals surface area (Å²) >= 11 is 0. The zero-order valence-corrected chi connectivity index (χ0v) is 11.0. The van der Waals surface area contributed by atoms with Gasteiger partial charge in [0, 0.05) is 0 Å². The Morgan fingerprint density at radius 1 is 1.25 bits per heavy atom. The number of benzene rings is 1. The number of rotatable bonds is 3. The molecule has 0 unspecified atom stereocenters. The van der Waals surface area contributed by atoms with Gasteiger partial charge in [-0.2, -0.15) is 5.10 Å². The van der Waals surface area contributed by atoms with Gasteiger partial charge in [0.2, 0.25) is 5.88 Å². The minimum Gasteiger partial charge on any atom is -0.494 e. The van der Waals surface area contributed by atoms with Gasteiger partial charge in [-0.05, 0) is 25.5 Å². The van der Waals surface area contributed by atoms with Gasteiger partial charge in [0.05, 0.1) is 11.9 Å². The third-order valence-electron chi connectivity index (χ3n) is 2.72. The monoisotopic (exact) mass is 274 g/mol. The summed E-state index contributed by atoms with van der Waals surface area (Å²) in [7, 11) is 0. The van der Waals surface area contributed by atoms with E-state index in [1.165, 1.54) is 0 Å². The van der Waals surface area contributed by atoms with E-state index in [4.69, 9.17) is 0 Å². The van der Waals surface area contributed by atoms with Crippen molar-refractivity contribution in [2.45, 2.75) is 13.8 Å². The topological polar surface area (TPSA) is 110 Å². The molecule has 0 fully saturated rings. The Morgan fingerprint density at radius 2 is 2.00 bits per heavy atom. The molecule has 1 heterocycles. The Kier molecular flexibility index (Phi) is 3.69. The summed E-state index contributed by atoms with van der Waals surface area (Å²) in [5.41, 5.74) is 4.08. The van der Waals surface area contributed by atoms with E-state index in [9.17, 15) is 14.7 Å². The van der Waals surface area contributed by atoms with Crippen molar-refractivity contribution in [3.63, 3.8) is 0 Å². The van der Waals surface area contributed by atoms with E-state index in [0.29, 0.717) is 0 Å². The molecule has 0 amide bonds. The van der Waals surface area contributed by atoms with Crippen molar-refractivity contribution in [2.24, 2.45) is 5.10 Å². The lowest BCUT2D eigenvalue weighted by Crippen LogP contribution is -2.25. The second-order valence-electron chi connectivity index (χ2n) is 4.36. The first-order chi connectivity index (χ1) is 9.47. The number of aryl methyl sites for hydroxylation is 2. The molecule has 20 heavy (non-hydrogen) atoms. The van der Waals surface area contributed by atoms with Crippen LogP contribution < -0.4 is 16.7 Å². The normalized spacial score (nSPS) is 10.9. The fourth-order valence-corrected chi connectivity index (χ4v) is 1.71. The smallest absolute Gasteiger partial charge is 0.328 e. The van der Waals surface area contributed by atoms with Gasteiger partial charge < -0.3 is 5.11 Å². The van der Waals surface area contributed by atoms with Crippen molar-refractivity contribution in [3.05, 3.63) is 55.7 Å². The average molecular weight is 274 g/mol. The summed E-state index contributed by atoms with van der Waals surface area (Å²) in [5.74, 6) is -0.523. The van der Waals surface area contributed by atoms with E-state index in [1.54, 1.807) is 0 Å². The van der Waals surface area contributed by atoms with Gasteiger partial charge in [-0.1, -0.05) is 17.7 Å². The Labute approximate surface area is 114 Å².